The third kappa shape index (κ3) is 3.29. The average Bonchev–Trinajstić information content (AvgIpc) is 2.66. The molecule has 0 unspecified atom stereocenters. The molecule has 1 aliphatic rings. The molecule has 0 radical (unpaired) electrons. The Morgan fingerprint density at radius 3 is 2.56 bits per heavy atom. The van der Waals surface area contributed by atoms with Crippen LogP contribution >= 0.6 is 0 Å². The largest absolute Gasteiger partial charge is 0.485 e. The third-order valence-electron chi connectivity index (χ3n) is 4.57. The number of nitriles is 2. The molecule has 2 atom stereocenters. The molecular weight excluding hydrogens is 342 g/mol. The molecule has 2 aromatic carbocycles. The normalized spacial score (nSPS) is 20.6. The molecule has 27 heavy (non-hydrogen) atoms. The van der Waals surface area contributed by atoms with Gasteiger partial charge in [-0.25, -0.2) is 0 Å². The third-order valence-corrected chi connectivity index (χ3v) is 4.57. The topological polar surface area (TPSA) is 119 Å². The van der Waals surface area contributed by atoms with E-state index in [2.05, 4.69) is 11.1 Å². The number of aliphatic imine (C=N–C) groups is 1. The second-order valence-corrected chi connectivity index (χ2v) is 6.74. The minimum absolute atomic E-state index is 0.0567. The molecule has 1 heterocycles. The highest BCUT2D eigenvalue weighted by Crippen LogP contribution is 2.44. The molecule has 7 heteroatoms. The zero-order valence-electron chi connectivity index (χ0n) is 15.0. The van der Waals surface area contributed by atoms with Gasteiger partial charge in [0.2, 0.25) is 12.2 Å². The van der Waals surface area contributed by atoms with Crippen LogP contribution in [0.3, 0.4) is 0 Å². The van der Waals surface area contributed by atoms with Crippen LogP contribution in [0.15, 0.2) is 53.5 Å². The van der Waals surface area contributed by atoms with Crippen molar-refractivity contribution >= 4 is 11.6 Å². The number of hydrogen-bond acceptors (Lipinski definition) is 5. The Morgan fingerprint density at radius 2 is 1.93 bits per heavy atom. The van der Waals surface area contributed by atoms with Crippen LogP contribution < -0.4 is 15.4 Å². The number of anilines is 1. The van der Waals surface area contributed by atoms with Gasteiger partial charge in [-0.1, -0.05) is 18.2 Å². The van der Waals surface area contributed by atoms with Crippen molar-refractivity contribution in [2.24, 2.45) is 10.7 Å². The van der Waals surface area contributed by atoms with Crippen molar-refractivity contribution in [1.29, 1.82) is 10.5 Å². The zero-order valence-corrected chi connectivity index (χ0v) is 15.0. The lowest BCUT2D eigenvalue weighted by Crippen LogP contribution is -2.56. The molecule has 0 saturated carbocycles. The Hall–Kier alpha value is -3.55. The first-order valence-electron chi connectivity index (χ1n) is 8.36. The van der Waals surface area contributed by atoms with Crippen molar-refractivity contribution in [3.05, 3.63) is 59.7 Å². The summed E-state index contributed by atoms with van der Waals surface area (Å²) in [5, 5.41) is 29.4. The van der Waals surface area contributed by atoms with Gasteiger partial charge in [0.15, 0.2) is 0 Å². The van der Waals surface area contributed by atoms with E-state index in [-0.39, 0.29) is 5.96 Å². The van der Waals surface area contributed by atoms with Gasteiger partial charge in [0.25, 0.3) is 0 Å². The number of nitrogens with two attached hydrogens (primary N) is 1. The molecule has 3 rings (SSSR count). The van der Waals surface area contributed by atoms with E-state index in [1.807, 2.05) is 30.3 Å². The molecule has 0 spiro atoms. The summed E-state index contributed by atoms with van der Waals surface area (Å²) in [6.45, 7) is 3.54. The van der Waals surface area contributed by atoms with Crippen LogP contribution in [-0.2, 0) is 0 Å². The van der Waals surface area contributed by atoms with Crippen molar-refractivity contribution in [3.8, 4) is 18.0 Å². The molecule has 2 aromatic rings. The first kappa shape index (κ1) is 18.2. The highest BCUT2D eigenvalue weighted by molar-refractivity contribution is 5.96. The van der Waals surface area contributed by atoms with Gasteiger partial charge in [-0.2, -0.15) is 10.5 Å². The Kier molecular flexibility index (Phi) is 4.72. The number of aliphatic hydroxyl groups excluding tert-OH is 1. The van der Waals surface area contributed by atoms with Crippen LogP contribution in [0.1, 0.15) is 31.0 Å². The van der Waals surface area contributed by atoms with Crippen LogP contribution in [-0.4, -0.2) is 22.8 Å². The summed E-state index contributed by atoms with van der Waals surface area (Å²) in [5.41, 5.74) is 6.86. The minimum atomic E-state index is -1.01. The lowest BCUT2D eigenvalue weighted by Gasteiger charge is -2.46. The van der Waals surface area contributed by atoms with E-state index in [1.165, 1.54) is 0 Å². The highest BCUT2D eigenvalue weighted by atomic mass is 16.5. The van der Waals surface area contributed by atoms with E-state index in [9.17, 15) is 10.4 Å². The molecular formula is C20H19N5O2. The molecule has 0 amide bonds. The molecule has 0 aromatic heterocycles. The Labute approximate surface area is 157 Å². The number of fused-ring (bicyclic) bond motifs is 1. The molecule has 0 bridgehead atoms. The molecule has 136 valence electrons. The summed E-state index contributed by atoms with van der Waals surface area (Å²) in [6, 6.07) is 15.5. The highest BCUT2D eigenvalue weighted by Gasteiger charge is 2.46. The second kappa shape index (κ2) is 6.99. The maximum absolute atomic E-state index is 11.1. The van der Waals surface area contributed by atoms with Gasteiger partial charge in [-0.15, -0.1) is 4.99 Å². The Morgan fingerprint density at radius 1 is 1.22 bits per heavy atom. The first-order valence-corrected chi connectivity index (χ1v) is 8.36. The van der Waals surface area contributed by atoms with Gasteiger partial charge in [0.05, 0.1) is 17.7 Å². The fourth-order valence-corrected chi connectivity index (χ4v) is 3.25. The van der Waals surface area contributed by atoms with Crippen LogP contribution in [0.4, 0.5) is 5.69 Å². The fraction of sp³-hybridized carbons (Fsp3) is 0.250. The average molecular weight is 361 g/mol. The molecule has 0 fully saturated rings. The zero-order chi connectivity index (χ0) is 19.6. The summed E-state index contributed by atoms with van der Waals surface area (Å²) < 4.78 is 5.96. The predicted octanol–water partition coefficient (Wildman–Crippen LogP) is 2.43. The van der Waals surface area contributed by atoms with E-state index in [1.54, 1.807) is 43.1 Å². The van der Waals surface area contributed by atoms with Gasteiger partial charge in [-0.05, 0) is 44.2 Å². The number of nitrogens with zero attached hydrogens (tertiary/aromatic N) is 4. The number of hydrogen-bond donors (Lipinski definition) is 2. The standard InChI is InChI=1S/C20H19N5O2/c1-20(2)18(26)17(15-10-13(11-21)8-9-16(15)27-20)25(19(23)24-12-22)14-6-4-3-5-7-14/h3-10,17-18,26H,1-2H3,(H2,23,24)/t17-,18+/m1/s1. The first-order chi connectivity index (χ1) is 12.9. The Balaban J connectivity index is 2.26. The molecule has 7 nitrogen and oxygen atoms in total. The van der Waals surface area contributed by atoms with Crippen LogP contribution in [0.2, 0.25) is 0 Å². The quantitative estimate of drug-likeness (QED) is 0.482. The van der Waals surface area contributed by atoms with Gasteiger partial charge in [0, 0.05) is 11.3 Å². The summed E-state index contributed by atoms with van der Waals surface area (Å²) in [6.07, 6.45) is 0.687. The summed E-state index contributed by atoms with van der Waals surface area (Å²) in [5.74, 6) is 0.485. The van der Waals surface area contributed by atoms with Crippen molar-refractivity contribution in [1.82, 2.24) is 0 Å². The maximum atomic E-state index is 11.1. The predicted molar refractivity (Wildman–Crippen MR) is 101 cm³/mol. The van der Waals surface area contributed by atoms with Crippen molar-refractivity contribution in [3.63, 3.8) is 0 Å². The van der Waals surface area contributed by atoms with Gasteiger partial charge in [-0.3, -0.25) is 0 Å². The number of aliphatic hydroxyl groups is 1. The lowest BCUT2D eigenvalue weighted by atomic mass is 9.84. The molecule has 0 saturated heterocycles. The van der Waals surface area contributed by atoms with Crippen LogP contribution in [0.25, 0.3) is 0 Å². The van der Waals surface area contributed by atoms with E-state index in [4.69, 9.17) is 15.7 Å². The van der Waals surface area contributed by atoms with E-state index >= 15 is 0 Å². The van der Waals surface area contributed by atoms with Crippen molar-refractivity contribution in [2.75, 3.05) is 4.90 Å². The summed E-state index contributed by atoms with van der Waals surface area (Å²) in [4.78, 5) is 5.28. The van der Waals surface area contributed by atoms with Crippen molar-refractivity contribution < 1.29 is 9.84 Å². The Bertz CT molecular complexity index is 957. The molecule has 0 aliphatic carbocycles. The number of benzene rings is 2. The van der Waals surface area contributed by atoms with Crippen LogP contribution in [0.5, 0.6) is 5.75 Å². The van der Waals surface area contributed by atoms with Crippen molar-refractivity contribution in [2.45, 2.75) is 31.6 Å². The monoisotopic (exact) mass is 361 g/mol. The van der Waals surface area contributed by atoms with Gasteiger partial charge < -0.3 is 20.5 Å². The second-order valence-electron chi connectivity index (χ2n) is 6.74. The number of para-hydroxylation sites is 1. The van der Waals surface area contributed by atoms with E-state index < -0.39 is 17.7 Å². The van der Waals surface area contributed by atoms with E-state index in [0.29, 0.717) is 22.6 Å². The SMILES string of the molecule is CC1(C)Oc2ccc(C#N)cc2[C@@H](N(C(N)=NC#N)c2ccccc2)[C@@H]1O. The maximum Gasteiger partial charge on any atom is 0.212 e. The summed E-state index contributed by atoms with van der Waals surface area (Å²) in [7, 11) is 0. The fourth-order valence-electron chi connectivity index (χ4n) is 3.25. The number of ether oxygens (including phenoxy) is 1. The van der Waals surface area contributed by atoms with Gasteiger partial charge >= 0.3 is 0 Å². The van der Waals surface area contributed by atoms with Crippen LogP contribution in [0, 0.1) is 22.8 Å². The minimum Gasteiger partial charge on any atom is -0.485 e. The number of guanidine groups is 1. The van der Waals surface area contributed by atoms with Gasteiger partial charge in [0.1, 0.15) is 17.5 Å². The van der Waals surface area contributed by atoms with E-state index in [0.717, 1.165) is 0 Å². The molecule has 3 N–H and O–H groups in total. The smallest absolute Gasteiger partial charge is 0.212 e. The summed E-state index contributed by atoms with van der Waals surface area (Å²) >= 11 is 0. The lowest BCUT2D eigenvalue weighted by molar-refractivity contribution is -0.0565. The number of rotatable bonds is 2. The molecule has 1 aliphatic heterocycles.